The molecule has 0 radical (unpaired) electrons. The Labute approximate surface area is 177 Å². The molecule has 1 saturated heterocycles. The largest absolute Gasteiger partial charge is 0.343 e. The van der Waals surface area contributed by atoms with Gasteiger partial charge in [0.1, 0.15) is 11.5 Å². The topological polar surface area (TPSA) is 89.2 Å². The summed E-state index contributed by atoms with van der Waals surface area (Å²) in [5.41, 5.74) is 1.43. The van der Waals surface area contributed by atoms with Gasteiger partial charge in [-0.2, -0.15) is 5.10 Å². The molecule has 0 spiro atoms. The van der Waals surface area contributed by atoms with Crippen molar-refractivity contribution in [1.29, 1.82) is 0 Å². The van der Waals surface area contributed by atoms with Crippen molar-refractivity contribution < 1.29 is 9.59 Å². The van der Waals surface area contributed by atoms with Crippen LogP contribution in [0.15, 0.2) is 6.07 Å². The number of carbonyl (C=O) groups is 2. The van der Waals surface area contributed by atoms with Crippen molar-refractivity contribution in [2.24, 2.45) is 13.0 Å². The van der Waals surface area contributed by atoms with E-state index in [2.05, 4.69) is 33.7 Å². The Morgan fingerprint density at radius 3 is 2.47 bits per heavy atom. The summed E-state index contributed by atoms with van der Waals surface area (Å²) in [6, 6.07) is 1.82. The van der Waals surface area contributed by atoms with Crippen molar-refractivity contribution >= 4 is 11.8 Å². The molecule has 0 aliphatic carbocycles. The van der Waals surface area contributed by atoms with Crippen molar-refractivity contribution in [3.05, 3.63) is 29.1 Å². The lowest BCUT2D eigenvalue weighted by Crippen LogP contribution is -2.41. The Hall–Kier alpha value is -2.71. The van der Waals surface area contributed by atoms with Crippen molar-refractivity contribution in [2.45, 2.75) is 59.0 Å². The van der Waals surface area contributed by atoms with Gasteiger partial charge in [0, 0.05) is 45.6 Å². The number of fused-ring (bicyclic) bond motifs is 1. The zero-order chi connectivity index (χ0) is 21.4. The van der Waals surface area contributed by atoms with E-state index >= 15 is 0 Å². The van der Waals surface area contributed by atoms with Crippen LogP contribution in [0.3, 0.4) is 0 Å². The first-order valence-electron chi connectivity index (χ1n) is 10.8. The third-order valence-corrected chi connectivity index (χ3v) is 6.09. The minimum absolute atomic E-state index is 0.0223. The molecule has 2 aromatic heterocycles. The molecular formula is C21H31N7O2. The molecular weight excluding hydrogens is 382 g/mol. The van der Waals surface area contributed by atoms with E-state index in [4.69, 9.17) is 0 Å². The van der Waals surface area contributed by atoms with Gasteiger partial charge in [-0.25, -0.2) is 0 Å². The second kappa shape index (κ2) is 8.20. The lowest BCUT2D eigenvalue weighted by molar-refractivity contribution is -0.133. The number of hydrogen-bond acceptors (Lipinski definition) is 5. The summed E-state index contributed by atoms with van der Waals surface area (Å²) in [6.07, 6.45) is 2.45. The molecule has 162 valence electrons. The highest BCUT2D eigenvalue weighted by atomic mass is 16.2. The molecule has 1 fully saturated rings. The number of aryl methyl sites for hydroxylation is 2. The quantitative estimate of drug-likeness (QED) is 0.762. The van der Waals surface area contributed by atoms with Crippen molar-refractivity contribution in [1.82, 2.24) is 34.3 Å². The first-order chi connectivity index (χ1) is 14.3. The highest BCUT2D eigenvalue weighted by molar-refractivity contribution is 5.92. The SMILES string of the molecule is Cc1cc(C(=O)N2CCn3c(nnc3C3CCN(C(=O)CC(C)C)CC3)C2)n(C)n1. The van der Waals surface area contributed by atoms with E-state index < -0.39 is 0 Å². The molecule has 0 unspecified atom stereocenters. The van der Waals surface area contributed by atoms with Crippen LogP contribution in [0.4, 0.5) is 0 Å². The summed E-state index contributed by atoms with van der Waals surface area (Å²) >= 11 is 0. The van der Waals surface area contributed by atoms with E-state index in [9.17, 15) is 9.59 Å². The standard InChI is InChI=1S/C21H31N7O2/c1-14(2)11-19(29)26-7-5-16(6-8-26)20-23-22-18-13-27(9-10-28(18)20)21(30)17-12-15(3)24-25(17)4/h12,14,16H,5-11,13H2,1-4H3. The molecule has 0 N–H and O–H groups in total. The molecule has 2 amide bonds. The van der Waals surface area contributed by atoms with Crippen LogP contribution in [0, 0.1) is 12.8 Å². The van der Waals surface area contributed by atoms with Gasteiger partial charge in [0.15, 0.2) is 5.82 Å². The van der Waals surface area contributed by atoms with Crippen LogP contribution in [0.2, 0.25) is 0 Å². The average Bonchev–Trinajstić information content (AvgIpc) is 3.29. The van der Waals surface area contributed by atoms with Gasteiger partial charge in [-0.15, -0.1) is 10.2 Å². The summed E-state index contributed by atoms with van der Waals surface area (Å²) < 4.78 is 3.81. The number of amides is 2. The minimum atomic E-state index is -0.0223. The lowest BCUT2D eigenvalue weighted by Gasteiger charge is -2.33. The molecule has 0 aromatic carbocycles. The zero-order valence-corrected chi connectivity index (χ0v) is 18.3. The molecule has 9 heteroatoms. The van der Waals surface area contributed by atoms with E-state index in [1.807, 2.05) is 22.8 Å². The minimum Gasteiger partial charge on any atom is -0.343 e. The van der Waals surface area contributed by atoms with Crippen LogP contribution in [0.1, 0.15) is 66.9 Å². The fraction of sp³-hybridized carbons (Fsp3) is 0.667. The van der Waals surface area contributed by atoms with Gasteiger partial charge in [0.05, 0.1) is 12.2 Å². The third-order valence-electron chi connectivity index (χ3n) is 6.09. The van der Waals surface area contributed by atoms with Gasteiger partial charge in [-0.05, 0) is 31.7 Å². The maximum Gasteiger partial charge on any atom is 0.272 e. The summed E-state index contributed by atoms with van der Waals surface area (Å²) in [5, 5.41) is 13.2. The number of aromatic nitrogens is 5. The maximum absolute atomic E-state index is 12.9. The van der Waals surface area contributed by atoms with E-state index in [1.54, 1.807) is 11.7 Å². The number of likely N-dealkylation sites (tertiary alicyclic amines) is 1. The van der Waals surface area contributed by atoms with E-state index in [1.165, 1.54) is 0 Å². The van der Waals surface area contributed by atoms with Crippen LogP contribution in [0.5, 0.6) is 0 Å². The molecule has 0 saturated carbocycles. The Bertz CT molecular complexity index is 937. The van der Waals surface area contributed by atoms with Crippen LogP contribution in [0.25, 0.3) is 0 Å². The molecule has 2 aliphatic heterocycles. The second-order valence-electron chi connectivity index (χ2n) is 8.90. The Kier molecular flexibility index (Phi) is 5.62. The fourth-order valence-electron chi connectivity index (χ4n) is 4.49. The summed E-state index contributed by atoms with van der Waals surface area (Å²) in [5.74, 6) is 2.78. The monoisotopic (exact) mass is 413 g/mol. The lowest BCUT2D eigenvalue weighted by atomic mass is 9.95. The van der Waals surface area contributed by atoms with Crippen molar-refractivity contribution in [3.8, 4) is 0 Å². The predicted molar refractivity (Wildman–Crippen MR) is 111 cm³/mol. The van der Waals surface area contributed by atoms with Gasteiger partial charge in [0.25, 0.3) is 5.91 Å². The molecule has 4 rings (SSSR count). The van der Waals surface area contributed by atoms with Crippen LogP contribution < -0.4 is 0 Å². The number of nitrogens with zero attached hydrogens (tertiary/aromatic N) is 7. The summed E-state index contributed by atoms with van der Waals surface area (Å²) in [4.78, 5) is 29.0. The predicted octanol–water partition coefficient (Wildman–Crippen LogP) is 1.73. The summed E-state index contributed by atoms with van der Waals surface area (Å²) in [6.45, 7) is 9.40. The van der Waals surface area contributed by atoms with Crippen LogP contribution in [-0.4, -0.2) is 65.8 Å². The highest BCUT2D eigenvalue weighted by Crippen LogP contribution is 2.29. The van der Waals surface area contributed by atoms with Gasteiger partial charge in [-0.1, -0.05) is 13.8 Å². The Morgan fingerprint density at radius 2 is 1.83 bits per heavy atom. The first kappa shape index (κ1) is 20.6. The van der Waals surface area contributed by atoms with E-state index in [0.717, 1.165) is 43.3 Å². The normalized spacial score (nSPS) is 17.5. The van der Waals surface area contributed by atoms with Crippen LogP contribution >= 0.6 is 0 Å². The highest BCUT2D eigenvalue weighted by Gasteiger charge is 2.31. The number of piperidine rings is 1. The molecule has 4 heterocycles. The van der Waals surface area contributed by atoms with Crippen molar-refractivity contribution in [3.63, 3.8) is 0 Å². The smallest absolute Gasteiger partial charge is 0.272 e. The molecule has 2 aromatic rings. The fourth-order valence-corrected chi connectivity index (χ4v) is 4.49. The summed E-state index contributed by atoms with van der Waals surface area (Å²) in [7, 11) is 1.79. The molecule has 2 aliphatic rings. The zero-order valence-electron chi connectivity index (χ0n) is 18.3. The van der Waals surface area contributed by atoms with Crippen molar-refractivity contribution in [2.75, 3.05) is 19.6 Å². The second-order valence-corrected chi connectivity index (χ2v) is 8.90. The molecule has 9 nitrogen and oxygen atoms in total. The molecule has 0 bridgehead atoms. The maximum atomic E-state index is 12.9. The number of hydrogen-bond donors (Lipinski definition) is 0. The van der Waals surface area contributed by atoms with Gasteiger partial charge >= 0.3 is 0 Å². The first-order valence-corrected chi connectivity index (χ1v) is 10.8. The van der Waals surface area contributed by atoms with Gasteiger partial charge in [-0.3, -0.25) is 14.3 Å². The van der Waals surface area contributed by atoms with E-state index in [-0.39, 0.29) is 11.8 Å². The Balaban J connectivity index is 1.40. The number of carbonyl (C=O) groups excluding carboxylic acids is 2. The molecule has 30 heavy (non-hydrogen) atoms. The van der Waals surface area contributed by atoms with Crippen LogP contribution in [-0.2, 0) is 24.9 Å². The van der Waals surface area contributed by atoms with Gasteiger partial charge in [0.2, 0.25) is 5.91 Å². The average molecular weight is 414 g/mol. The Morgan fingerprint density at radius 1 is 1.10 bits per heavy atom. The van der Waals surface area contributed by atoms with Gasteiger partial charge < -0.3 is 14.4 Å². The third kappa shape index (κ3) is 3.97. The van der Waals surface area contributed by atoms with E-state index in [0.29, 0.717) is 43.6 Å². The number of rotatable bonds is 4. The molecule has 0 atom stereocenters.